The van der Waals surface area contributed by atoms with Crippen LogP contribution in [0.2, 0.25) is 0 Å². The number of nitrogens with zero attached hydrogens (tertiary/aromatic N) is 1. The molecule has 0 radical (unpaired) electrons. The maximum absolute atomic E-state index is 9.66. The molecule has 2 N–H and O–H groups in total. The SMILES string of the molecule is CCN(CCO)Cc1cc(C)ccc1O. The predicted molar refractivity (Wildman–Crippen MR) is 60.9 cm³/mol. The quantitative estimate of drug-likeness (QED) is 0.772. The Morgan fingerprint density at radius 2 is 2.07 bits per heavy atom. The van der Waals surface area contributed by atoms with Crippen molar-refractivity contribution in [2.45, 2.75) is 20.4 Å². The number of aliphatic hydroxyl groups excluding tert-OH is 1. The van der Waals surface area contributed by atoms with Crippen LogP contribution in [0.15, 0.2) is 18.2 Å². The first kappa shape index (κ1) is 12.0. The molecule has 0 fully saturated rings. The fourth-order valence-electron chi connectivity index (χ4n) is 1.57. The van der Waals surface area contributed by atoms with E-state index in [1.54, 1.807) is 6.07 Å². The molecule has 1 rings (SSSR count). The summed E-state index contributed by atoms with van der Waals surface area (Å²) in [5.41, 5.74) is 2.06. The van der Waals surface area contributed by atoms with Crippen LogP contribution in [0.3, 0.4) is 0 Å². The molecule has 0 unspecified atom stereocenters. The summed E-state index contributed by atoms with van der Waals surface area (Å²) in [6.07, 6.45) is 0. The van der Waals surface area contributed by atoms with Crippen molar-refractivity contribution in [3.05, 3.63) is 29.3 Å². The summed E-state index contributed by atoms with van der Waals surface area (Å²) in [5, 5.41) is 18.5. The van der Waals surface area contributed by atoms with Gasteiger partial charge in [-0.2, -0.15) is 0 Å². The van der Waals surface area contributed by atoms with Gasteiger partial charge < -0.3 is 10.2 Å². The number of aromatic hydroxyl groups is 1. The Hall–Kier alpha value is -1.06. The number of benzene rings is 1. The van der Waals surface area contributed by atoms with Crippen molar-refractivity contribution in [3.63, 3.8) is 0 Å². The second-order valence-electron chi connectivity index (χ2n) is 3.72. The summed E-state index contributed by atoms with van der Waals surface area (Å²) in [6, 6.07) is 5.59. The van der Waals surface area contributed by atoms with E-state index in [4.69, 9.17) is 5.11 Å². The van der Waals surface area contributed by atoms with Crippen molar-refractivity contribution < 1.29 is 10.2 Å². The molecule has 3 nitrogen and oxygen atoms in total. The minimum absolute atomic E-state index is 0.153. The Kier molecular flexibility index (Phi) is 4.59. The van der Waals surface area contributed by atoms with E-state index in [9.17, 15) is 5.11 Å². The Balaban J connectivity index is 2.73. The Morgan fingerprint density at radius 3 is 2.67 bits per heavy atom. The molecule has 0 aliphatic rings. The van der Waals surface area contributed by atoms with Gasteiger partial charge in [-0.1, -0.05) is 24.6 Å². The molecule has 1 aromatic rings. The maximum Gasteiger partial charge on any atom is 0.120 e. The fourth-order valence-corrected chi connectivity index (χ4v) is 1.57. The molecule has 0 aromatic heterocycles. The van der Waals surface area contributed by atoms with E-state index in [1.165, 1.54) is 0 Å². The molecule has 15 heavy (non-hydrogen) atoms. The van der Waals surface area contributed by atoms with Crippen molar-refractivity contribution in [2.24, 2.45) is 0 Å². The van der Waals surface area contributed by atoms with Crippen molar-refractivity contribution >= 4 is 0 Å². The molecule has 0 saturated carbocycles. The van der Waals surface area contributed by atoms with Crippen LogP contribution in [0, 0.1) is 6.92 Å². The average molecular weight is 209 g/mol. The van der Waals surface area contributed by atoms with E-state index >= 15 is 0 Å². The van der Waals surface area contributed by atoms with E-state index in [0.717, 1.165) is 17.7 Å². The van der Waals surface area contributed by atoms with Crippen LogP contribution < -0.4 is 0 Å². The van der Waals surface area contributed by atoms with Crippen LogP contribution in [-0.4, -0.2) is 34.8 Å². The third kappa shape index (κ3) is 3.53. The number of phenolic OH excluding ortho intramolecular Hbond substituents is 1. The predicted octanol–water partition coefficient (Wildman–Crippen LogP) is 1.51. The standard InChI is InChI=1S/C12H19NO2/c1-3-13(6-7-14)9-11-8-10(2)4-5-12(11)15/h4-5,8,14-15H,3,6-7,9H2,1-2H3. The van der Waals surface area contributed by atoms with Gasteiger partial charge in [0.25, 0.3) is 0 Å². The number of hydrogen-bond donors (Lipinski definition) is 2. The van der Waals surface area contributed by atoms with Crippen LogP contribution in [0.1, 0.15) is 18.1 Å². The summed E-state index contributed by atoms with van der Waals surface area (Å²) >= 11 is 0. The lowest BCUT2D eigenvalue weighted by molar-refractivity contribution is 0.195. The van der Waals surface area contributed by atoms with Crippen LogP contribution >= 0.6 is 0 Å². The Morgan fingerprint density at radius 1 is 1.33 bits per heavy atom. The number of phenols is 1. The number of hydrogen-bond acceptors (Lipinski definition) is 3. The maximum atomic E-state index is 9.66. The van der Waals surface area contributed by atoms with Crippen LogP contribution in [0.5, 0.6) is 5.75 Å². The number of rotatable bonds is 5. The molecule has 3 heteroatoms. The van der Waals surface area contributed by atoms with Gasteiger partial charge in [-0.3, -0.25) is 4.90 Å². The van der Waals surface area contributed by atoms with Gasteiger partial charge in [0.2, 0.25) is 0 Å². The molecular weight excluding hydrogens is 190 g/mol. The van der Waals surface area contributed by atoms with Crippen LogP contribution in [0.25, 0.3) is 0 Å². The minimum Gasteiger partial charge on any atom is -0.508 e. The molecule has 0 saturated heterocycles. The highest BCUT2D eigenvalue weighted by atomic mass is 16.3. The first-order valence-electron chi connectivity index (χ1n) is 5.29. The smallest absolute Gasteiger partial charge is 0.120 e. The number of aliphatic hydroxyl groups is 1. The molecule has 84 valence electrons. The van der Waals surface area contributed by atoms with E-state index in [-0.39, 0.29) is 6.61 Å². The summed E-state index contributed by atoms with van der Waals surface area (Å²) < 4.78 is 0. The van der Waals surface area contributed by atoms with Crippen LogP contribution in [0.4, 0.5) is 0 Å². The molecule has 0 amide bonds. The van der Waals surface area contributed by atoms with Gasteiger partial charge in [0.1, 0.15) is 5.75 Å². The number of likely N-dealkylation sites (N-methyl/N-ethyl adjacent to an activating group) is 1. The second kappa shape index (κ2) is 5.73. The fraction of sp³-hybridized carbons (Fsp3) is 0.500. The highest BCUT2D eigenvalue weighted by Gasteiger charge is 2.06. The zero-order valence-electron chi connectivity index (χ0n) is 9.40. The zero-order chi connectivity index (χ0) is 11.3. The molecule has 0 aliphatic heterocycles. The summed E-state index contributed by atoms with van der Waals surface area (Å²) in [6.45, 7) is 6.40. The Labute approximate surface area is 91.0 Å². The first-order valence-corrected chi connectivity index (χ1v) is 5.29. The highest BCUT2D eigenvalue weighted by Crippen LogP contribution is 2.19. The summed E-state index contributed by atoms with van der Waals surface area (Å²) in [4.78, 5) is 2.09. The molecular formula is C12H19NO2. The largest absolute Gasteiger partial charge is 0.508 e. The highest BCUT2D eigenvalue weighted by molar-refractivity contribution is 5.35. The normalized spacial score (nSPS) is 10.9. The molecule has 0 spiro atoms. The lowest BCUT2D eigenvalue weighted by Gasteiger charge is -2.19. The van der Waals surface area contributed by atoms with Crippen molar-refractivity contribution in [1.29, 1.82) is 0 Å². The minimum atomic E-state index is 0.153. The molecule has 0 heterocycles. The molecule has 1 aromatic carbocycles. The van der Waals surface area contributed by atoms with Gasteiger partial charge in [0.05, 0.1) is 6.61 Å². The van der Waals surface area contributed by atoms with Crippen molar-refractivity contribution in [3.8, 4) is 5.75 Å². The monoisotopic (exact) mass is 209 g/mol. The van der Waals surface area contributed by atoms with Crippen molar-refractivity contribution in [2.75, 3.05) is 19.7 Å². The number of aryl methyl sites for hydroxylation is 1. The van der Waals surface area contributed by atoms with Gasteiger partial charge in [-0.25, -0.2) is 0 Å². The molecule has 0 aliphatic carbocycles. The lowest BCUT2D eigenvalue weighted by atomic mass is 10.1. The van der Waals surface area contributed by atoms with E-state index in [2.05, 4.69) is 4.90 Å². The molecule has 0 atom stereocenters. The van der Waals surface area contributed by atoms with E-state index in [1.807, 2.05) is 26.0 Å². The Bertz CT molecular complexity index is 312. The van der Waals surface area contributed by atoms with Gasteiger partial charge in [-0.05, 0) is 19.5 Å². The van der Waals surface area contributed by atoms with Gasteiger partial charge in [0, 0.05) is 18.7 Å². The summed E-state index contributed by atoms with van der Waals surface area (Å²) in [7, 11) is 0. The van der Waals surface area contributed by atoms with Gasteiger partial charge in [-0.15, -0.1) is 0 Å². The van der Waals surface area contributed by atoms with E-state index in [0.29, 0.717) is 18.8 Å². The summed E-state index contributed by atoms with van der Waals surface area (Å²) in [5.74, 6) is 0.331. The lowest BCUT2D eigenvalue weighted by Crippen LogP contribution is -2.26. The van der Waals surface area contributed by atoms with Crippen molar-refractivity contribution in [1.82, 2.24) is 4.90 Å². The third-order valence-corrected chi connectivity index (χ3v) is 2.49. The zero-order valence-corrected chi connectivity index (χ0v) is 9.40. The third-order valence-electron chi connectivity index (χ3n) is 2.49. The van der Waals surface area contributed by atoms with Gasteiger partial charge in [0.15, 0.2) is 0 Å². The van der Waals surface area contributed by atoms with Gasteiger partial charge >= 0.3 is 0 Å². The molecule has 0 bridgehead atoms. The topological polar surface area (TPSA) is 43.7 Å². The first-order chi connectivity index (χ1) is 7.17. The van der Waals surface area contributed by atoms with E-state index < -0.39 is 0 Å². The average Bonchev–Trinajstić information content (AvgIpc) is 2.22. The second-order valence-corrected chi connectivity index (χ2v) is 3.72. The van der Waals surface area contributed by atoms with Crippen LogP contribution in [-0.2, 0) is 6.54 Å².